The molecule has 1 rings (SSSR count). The Hall–Kier alpha value is -0.540. The van der Waals surface area contributed by atoms with Gasteiger partial charge in [0, 0.05) is 6.42 Å². The number of aromatic amines is 1. The van der Waals surface area contributed by atoms with Gasteiger partial charge < -0.3 is 10.7 Å². The summed E-state index contributed by atoms with van der Waals surface area (Å²) in [5.41, 5.74) is 6.45. The first-order valence-corrected chi connectivity index (χ1v) is 4.94. The third kappa shape index (κ3) is 3.01. The molecule has 0 radical (unpaired) electrons. The summed E-state index contributed by atoms with van der Waals surface area (Å²) >= 11 is 5.94. The van der Waals surface area contributed by atoms with Crippen molar-refractivity contribution in [2.45, 2.75) is 26.7 Å². The zero-order valence-corrected chi connectivity index (χ0v) is 8.86. The van der Waals surface area contributed by atoms with Crippen molar-refractivity contribution in [3.05, 3.63) is 16.7 Å². The van der Waals surface area contributed by atoms with Crippen LogP contribution in [0.4, 0.5) is 0 Å². The van der Waals surface area contributed by atoms with Crippen LogP contribution in [0.1, 0.15) is 25.4 Å². The van der Waals surface area contributed by atoms with E-state index in [-0.39, 0.29) is 0 Å². The van der Waals surface area contributed by atoms with Crippen LogP contribution in [0.25, 0.3) is 0 Å². The molecule has 0 unspecified atom stereocenters. The number of nitrogens with one attached hydrogen (secondary N) is 1. The predicted octanol–water partition coefficient (Wildman–Crippen LogP) is 1.76. The molecule has 0 amide bonds. The Morgan fingerprint density at radius 1 is 1.54 bits per heavy atom. The van der Waals surface area contributed by atoms with E-state index in [2.05, 4.69) is 23.8 Å². The molecule has 0 atom stereocenters. The lowest BCUT2D eigenvalue weighted by molar-refractivity contribution is 0.636. The van der Waals surface area contributed by atoms with Crippen molar-refractivity contribution in [1.82, 2.24) is 9.97 Å². The van der Waals surface area contributed by atoms with Crippen molar-refractivity contribution in [3.63, 3.8) is 0 Å². The number of hydrogen-bond acceptors (Lipinski definition) is 2. The fraction of sp³-hybridized carbons (Fsp3) is 0.667. The van der Waals surface area contributed by atoms with Crippen LogP contribution in [0.2, 0.25) is 5.15 Å². The fourth-order valence-corrected chi connectivity index (χ4v) is 1.46. The Morgan fingerprint density at radius 3 is 2.77 bits per heavy atom. The molecule has 1 aromatic rings. The summed E-state index contributed by atoms with van der Waals surface area (Å²) in [6.07, 6.45) is 1.70. The van der Waals surface area contributed by atoms with Gasteiger partial charge >= 0.3 is 0 Å². The van der Waals surface area contributed by atoms with Crippen LogP contribution in [0, 0.1) is 5.92 Å². The molecular weight excluding hydrogens is 186 g/mol. The average Bonchev–Trinajstić information content (AvgIpc) is 2.31. The van der Waals surface area contributed by atoms with Gasteiger partial charge in [-0.05, 0) is 18.9 Å². The van der Waals surface area contributed by atoms with Crippen molar-refractivity contribution in [2.75, 3.05) is 6.54 Å². The van der Waals surface area contributed by atoms with E-state index in [4.69, 9.17) is 17.3 Å². The molecular formula is C9H16ClN3. The highest BCUT2D eigenvalue weighted by atomic mass is 35.5. The highest BCUT2D eigenvalue weighted by Gasteiger charge is 2.08. The minimum atomic E-state index is 0.587. The van der Waals surface area contributed by atoms with Gasteiger partial charge in [-0.15, -0.1) is 0 Å². The Bertz CT molecular complexity index is 268. The van der Waals surface area contributed by atoms with E-state index in [1.54, 1.807) is 0 Å². The zero-order valence-electron chi connectivity index (χ0n) is 8.10. The van der Waals surface area contributed by atoms with Gasteiger partial charge in [-0.1, -0.05) is 25.4 Å². The van der Waals surface area contributed by atoms with Gasteiger partial charge in [-0.2, -0.15) is 0 Å². The molecule has 0 spiro atoms. The standard InChI is InChI=1S/C9H16ClN3/c1-6(2)5-7-9(10)13-8(12-7)3-4-11/h6H,3-5,11H2,1-2H3,(H,12,13). The summed E-state index contributed by atoms with van der Waals surface area (Å²) in [6.45, 7) is 4.91. The molecule has 0 aliphatic rings. The zero-order chi connectivity index (χ0) is 9.84. The molecule has 1 aromatic heterocycles. The van der Waals surface area contributed by atoms with Gasteiger partial charge in [0.05, 0.1) is 5.69 Å². The molecule has 13 heavy (non-hydrogen) atoms. The minimum Gasteiger partial charge on any atom is -0.345 e. The summed E-state index contributed by atoms with van der Waals surface area (Å²) in [5, 5.41) is 0.595. The molecule has 0 saturated carbocycles. The smallest absolute Gasteiger partial charge is 0.150 e. The van der Waals surface area contributed by atoms with E-state index < -0.39 is 0 Å². The predicted molar refractivity (Wildman–Crippen MR) is 54.9 cm³/mol. The first kappa shape index (κ1) is 10.5. The number of nitrogens with two attached hydrogens (primary N) is 1. The minimum absolute atomic E-state index is 0.587. The van der Waals surface area contributed by atoms with E-state index in [0.29, 0.717) is 17.6 Å². The molecule has 3 nitrogen and oxygen atoms in total. The topological polar surface area (TPSA) is 54.7 Å². The molecule has 3 N–H and O–H groups in total. The lowest BCUT2D eigenvalue weighted by Gasteiger charge is -2.00. The van der Waals surface area contributed by atoms with E-state index in [1.807, 2.05) is 0 Å². The van der Waals surface area contributed by atoms with Crippen molar-refractivity contribution >= 4 is 11.6 Å². The van der Waals surface area contributed by atoms with Crippen LogP contribution >= 0.6 is 11.6 Å². The second kappa shape index (κ2) is 4.63. The van der Waals surface area contributed by atoms with E-state index in [9.17, 15) is 0 Å². The maximum absolute atomic E-state index is 5.94. The maximum Gasteiger partial charge on any atom is 0.150 e. The SMILES string of the molecule is CC(C)Cc1[nH]c(CCN)nc1Cl. The van der Waals surface area contributed by atoms with Gasteiger partial charge in [-0.25, -0.2) is 4.98 Å². The normalized spacial score (nSPS) is 11.2. The number of nitrogens with zero attached hydrogens (tertiary/aromatic N) is 1. The molecule has 4 heteroatoms. The number of aromatic nitrogens is 2. The summed E-state index contributed by atoms with van der Waals surface area (Å²) in [4.78, 5) is 7.37. The van der Waals surface area contributed by atoms with Crippen LogP contribution in [-0.2, 0) is 12.8 Å². The van der Waals surface area contributed by atoms with Crippen LogP contribution in [0.5, 0.6) is 0 Å². The summed E-state index contributed by atoms with van der Waals surface area (Å²) in [7, 11) is 0. The Labute approximate surface area is 83.7 Å². The second-order valence-electron chi connectivity index (χ2n) is 3.59. The molecule has 1 heterocycles. The Kier molecular flexibility index (Phi) is 3.75. The quantitative estimate of drug-likeness (QED) is 0.780. The molecule has 0 aliphatic carbocycles. The van der Waals surface area contributed by atoms with Crippen LogP contribution < -0.4 is 5.73 Å². The lowest BCUT2D eigenvalue weighted by Crippen LogP contribution is -2.04. The second-order valence-corrected chi connectivity index (χ2v) is 3.95. The van der Waals surface area contributed by atoms with Gasteiger partial charge in [0.1, 0.15) is 11.0 Å². The number of rotatable bonds is 4. The monoisotopic (exact) mass is 201 g/mol. The van der Waals surface area contributed by atoms with Crippen molar-refractivity contribution in [1.29, 1.82) is 0 Å². The largest absolute Gasteiger partial charge is 0.345 e. The Balaban J connectivity index is 2.71. The molecule has 0 fully saturated rings. The molecule has 74 valence electrons. The fourth-order valence-electron chi connectivity index (χ4n) is 1.24. The third-order valence-electron chi connectivity index (χ3n) is 1.77. The number of hydrogen-bond donors (Lipinski definition) is 2. The lowest BCUT2D eigenvalue weighted by atomic mass is 10.1. The van der Waals surface area contributed by atoms with Gasteiger partial charge in [-0.3, -0.25) is 0 Å². The van der Waals surface area contributed by atoms with Crippen LogP contribution in [0.15, 0.2) is 0 Å². The maximum atomic E-state index is 5.94. The molecule has 0 aliphatic heterocycles. The first-order chi connectivity index (χ1) is 6.13. The first-order valence-electron chi connectivity index (χ1n) is 4.56. The van der Waals surface area contributed by atoms with E-state index in [1.165, 1.54) is 0 Å². The summed E-state index contributed by atoms with van der Waals surface area (Å²) in [6, 6.07) is 0. The number of halogens is 1. The van der Waals surface area contributed by atoms with Gasteiger partial charge in [0.25, 0.3) is 0 Å². The highest BCUT2D eigenvalue weighted by molar-refractivity contribution is 6.30. The Morgan fingerprint density at radius 2 is 2.23 bits per heavy atom. The molecule has 0 aromatic carbocycles. The molecule has 0 saturated heterocycles. The van der Waals surface area contributed by atoms with E-state index >= 15 is 0 Å². The van der Waals surface area contributed by atoms with E-state index in [0.717, 1.165) is 24.4 Å². The van der Waals surface area contributed by atoms with Gasteiger partial charge in [0.15, 0.2) is 0 Å². The average molecular weight is 202 g/mol. The number of imidazole rings is 1. The van der Waals surface area contributed by atoms with Crippen LogP contribution in [0.3, 0.4) is 0 Å². The van der Waals surface area contributed by atoms with Crippen molar-refractivity contribution < 1.29 is 0 Å². The highest BCUT2D eigenvalue weighted by Crippen LogP contribution is 2.16. The summed E-state index contributed by atoms with van der Waals surface area (Å²) < 4.78 is 0. The molecule has 0 bridgehead atoms. The van der Waals surface area contributed by atoms with Gasteiger partial charge in [0.2, 0.25) is 0 Å². The van der Waals surface area contributed by atoms with Crippen molar-refractivity contribution in [3.8, 4) is 0 Å². The van der Waals surface area contributed by atoms with Crippen LogP contribution in [-0.4, -0.2) is 16.5 Å². The van der Waals surface area contributed by atoms with Crippen molar-refractivity contribution in [2.24, 2.45) is 11.7 Å². The third-order valence-corrected chi connectivity index (χ3v) is 2.08. The summed E-state index contributed by atoms with van der Waals surface area (Å²) in [5.74, 6) is 1.48. The number of H-pyrrole nitrogens is 1.